The third-order valence-electron chi connectivity index (χ3n) is 14.2. The highest BCUT2D eigenvalue weighted by molar-refractivity contribution is 5.91. The van der Waals surface area contributed by atoms with Crippen LogP contribution in [0, 0.1) is 34.5 Å². The third-order valence-corrected chi connectivity index (χ3v) is 14.2. The van der Waals surface area contributed by atoms with E-state index in [2.05, 4.69) is 6.92 Å². The Balaban J connectivity index is 1.02. The summed E-state index contributed by atoms with van der Waals surface area (Å²) in [4.78, 5) is 12.5. The molecule has 18 unspecified atom stereocenters. The van der Waals surface area contributed by atoms with Gasteiger partial charge in [0.1, 0.15) is 49.3 Å². The summed E-state index contributed by atoms with van der Waals surface area (Å²) in [5.41, 5.74) is -1.11. The fourth-order valence-corrected chi connectivity index (χ4v) is 11.5. The van der Waals surface area contributed by atoms with Crippen LogP contribution in [-0.4, -0.2) is 140 Å². The molecule has 278 valence electrons. The van der Waals surface area contributed by atoms with E-state index in [-0.39, 0.29) is 49.0 Å². The molecule has 0 aromatic rings. The molecule has 2 saturated heterocycles. The molecule has 0 spiro atoms. The van der Waals surface area contributed by atoms with Gasteiger partial charge < -0.3 is 64.5 Å². The first kappa shape index (κ1) is 36.1. The number of fused-ring (bicyclic) bond motifs is 5. The molecule has 7 rings (SSSR count). The molecular weight excluding hydrogens is 644 g/mol. The smallest absolute Gasteiger partial charge is 0.334 e. The van der Waals surface area contributed by atoms with Gasteiger partial charge in [0.05, 0.1) is 24.4 Å². The van der Waals surface area contributed by atoms with Gasteiger partial charge in [-0.2, -0.15) is 0 Å². The maximum Gasteiger partial charge on any atom is 0.334 e. The Hall–Kier alpha value is -1.27. The van der Waals surface area contributed by atoms with E-state index in [9.17, 15) is 45.6 Å². The lowest BCUT2D eigenvalue weighted by molar-refractivity contribution is -0.357. The summed E-state index contributed by atoms with van der Waals surface area (Å²) in [5, 5.41) is 86.3. The van der Waals surface area contributed by atoms with Gasteiger partial charge in [-0.05, 0) is 99.9 Å². The summed E-state index contributed by atoms with van der Waals surface area (Å²) in [6, 6.07) is 0. The first-order valence-corrected chi connectivity index (χ1v) is 18.1. The van der Waals surface area contributed by atoms with E-state index >= 15 is 0 Å². The molecule has 49 heavy (non-hydrogen) atoms. The summed E-state index contributed by atoms with van der Waals surface area (Å²) < 4.78 is 28.5. The zero-order chi connectivity index (χ0) is 35.0. The second kappa shape index (κ2) is 13.3. The van der Waals surface area contributed by atoms with Gasteiger partial charge in [0.2, 0.25) is 0 Å². The second-order valence-corrected chi connectivity index (χ2v) is 16.1. The quantitative estimate of drug-likeness (QED) is 0.153. The number of rotatable bonds is 7. The number of ether oxygens (including phenoxy) is 5. The SMILES string of the molecule is CC1OC(O)C(O)C(O)C1OC1OC(CO)C(OC2CCC3(CO)C(CCC4C3CCC3(C)C(C5=CCOC5=O)CCC43O)C2)C(O)C1O. The lowest BCUT2D eigenvalue weighted by atomic mass is 9.43. The van der Waals surface area contributed by atoms with E-state index in [1.165, 1.54) is 6.92 Å². The second-order valence-electron chi connectivity index (χ2n) is 16.1. The van der Waals surface area contributed by atoms with E-state index in [1.807, 2.05) is 6.08 Å². The number of esters is 1. The highest BCUT2D eigenvalue weighted by Gasteiger charge is 2.69. The number of aliphatic hydroxyl groups excluding tert-OH is 7. The molecule has 8 N–H and O–H groups in total. The van der Waals surface area contributed by atoms with Crippen LogP contribution in [0.2, 0.25) is 0 Å². The van der Waals surface area contributed by atoms with Crippen molar-refractivity contribution in [1.29, 1.82) is 0 Å². The molecule has 0 radical (unpaired) electrons. The molecule has 4 saturated carbocycles. The third kappa shape index (κ3) is 5.56. The lowest BCUT2D eigenvalue weighted by Crippen LogP contribution is -2.65. The van der Waals surface area contributed by atoms with Crippen LogP contribution < -0.4 is 0 Å². The Morgan fingerprint density at radius 1 is 0.857 bits per heavy atom. The van der Waals surface area contributed by atoms with Crippen molar-refractivity contribution in [3.05, 3.63) is 11.6 Å². The largest absolute Gasteiger partial charge is 0.458 e. The predicted molar refractivity (Wildman–Crippen MR) is 167 cm³/mol. The van der Waals surface area contributed by atoms with E-state index in [4.69, 9.17) is 23.7 Å². The van der Waals surface area contributed by atoms with Gasteiger partial charge in [-0.3, -0.25) is 0 Å². The predicted octanol–water partition coefficient (Wildman–Crippen LogP) is -0.747. The van der Waals surface area contributed by atoms with Crippen molar-refractivity contribution in [3.8, 4) is 0 Å². The monoisotopic (exact) mass is 698 g/mol. The zero-order valence-electron chi connectivity index (χ0n) is 28.3. The molecule has 0 aromatic carbocycles. The minimum absolute atomic E-state index is 0.00487. The normalized spacial score (nSPS) is 54.4. The van der Waals surface area contributed by atoms with Gasteiger partial charge in [-0.25, -0.2) is 4.79 Å². The van der Waals surface area contributed by atoms with Gasteiger partial charge in [0, 0.05) is 17.6 Å². The molecule has 4 aliphatic carbocycles. The molecule has 0 bridgehead atoms. The fraction of sp³-hybridized carbons (Fsp3) is 0.914. The topological polar surface area (TPSA) is 225 Å². The Labute approximate surface area is 285 Å². The number of cyclic esters (lactones) is 1. The van der Waals surface area contributed by atoms with Crippen molar-refractivity contribution in [1.82, 2.24) is 0 Å². The molecule has 14 nitrogen and oxygen atoms in total. The van der Waals surface area contributed by atoms with Crippen LogP contribution in [0.3, 0.4) is 0 Å². The fourth-order valence-electron chi connectivity index (χ4n) is 11.5. The van der Waals surface area contributed by atoms with Crippen molar-refractivity contribution in [3.63, 3.8) is 0 Å². The number of aliphatic hydroxyl groups is 8. The average Bonchev–Trinajstić information content (AvgIpc) is 3.63. The Morgan fingerprint density at radius 3 is 2.31 bits per heavy atom. The van der Waals surface area contributed by atoms with E-state index < -0.39 is 84.4 Å². The molecule has 3 aliphatic heterocycles. The number of hydrogen-bond donors (Lipinski definition) is 8. The minimum Gasteiger partial charge on any atom is -0.458 e. The highest BCUT2D eigenvalue weighted by Crippen LogP contribution is 2.70. The number of carbonyl (C=O) groups excluding carboxylic acids is 1. The van der Waals surface area contributed by atoms with Gasteiger partial charge >= 0.3 is 5.97 Å². The van der Waals surface area contributed by atoms with Crippen molar-refractivity contribution in [2.45, 2.75) is 145 Å². The van der Waals surface area contributed by atoms with Gasteiger partial charge in [0.15, 0.2) is 12.6 Å². The molecule has 6 fully saturated rings. The number of hydrogen-bond acceptors (Lipinski definition) is 14. The summed E-state index contributed by atoms with van der Waals surface area (Å²) in [7, 11) is 0. The van der Waals surface area contributed by atoms with Crippen molar-refractivity contribution < 1.29 is 69.3 Å². The molecule has 14 heteroatoms. The molecule has 3 heterocycles. The van der Waals surface area contributed by atoms with Crippen LogP contribution in [0.15, 0.2) is 11.6 Å². The van der Waals surface area contributed by atoms with E-state index in [0.29, 0.717) is 31.3 Å². The summed E-state index contributed by atoms with van der Waals surface area (Å²) in [6.45, 7) is 3.37. The van der Waals surface area contributed by atoms with Crippen molar-refractivity contribution in [2.75, 3.05) is 19.8 Å². The maximum absolute atomic E-state index is 12.5. The van der Waals surface area contributed by atoms with Crippen LogP contribution in [0.4, 0.5) is 0 Å². The maximum atomic E-state index is 12.5. The van der Waals surface area contributed by atoms with Crippen LogP contribution in [0.1, 0.15) is 71.6 Å². The first-order valence-electron chi connectivity index (χ1n) is 18.1. The average molecular weight is 699 g/mol. The van der Waals surface area contributed by atoms with Crippen LogP contribution >= 0.6 is 0 Å². The number of carbonyl (C=O) groups is 1. The van der Waals surface area contributed by atoms with E-state index in [1.54, 1.807) is 0 Å². The molecule has 7 aliphatic rings. The standard InChI is InChI=1S/C35H54O14/c1-16-28(24(38)26(40)31(43)46-16)49-32-27(41)25(39)29(23(14-36)48-32)47-18-5-10-34(15-37)17(13-18)3-4-22-21(34)6-9-33(2)20(7-11-35(22,33)44)19-8-12-45-30(19)42/h8,16-18,20-29,31-32,36-41,43-44H,3-7,9-15H2,1-2H3. The Morgan fingerprint density at radius 2 is 1.61 bits per heavy atom. The van der Waals surface area contributed by atoms with Gasteiger partial charge in [0.25, 0.3) is 0 Å². The Bertz CT molecular complexity index is 1260. The van der Waals surface area contributed by atoms with Crippen molar-refractivity contribution >= 4 is 5.97 Å². The van der Waals surface area contributed by atoms with Crippen LogP contribution in [0.25, 0.3) is 0 Å². The highest BCUT2D eigenvalue weighted by atomic mass is 16.7. The van der Waals surface area contributed by atoms with Crippen LogP contribution in [-0.2, 0) is 28.5 Å². The summed E-state index contributed by atoms with van der Waals surface area (Å²) in [6.07, 6.45) is -5.87. The molecule has 18 atom stereocenters. The zero-order valence-corrected chi connectivity index (χ0v) is 28.3. The molecule has 0 amide bonds. The summed E-state index contributed by atoms with van der Waals surface area (Å²) >= 11 is 0. The lowest BCUT2D eigenvalue weighted by Gasteiger charge is -2.64. The first-order chi connectivity index (χ1) is 23.3. The molecule has 0 aromatic heterocycles. The molecular formula is C35H54O14. The van der Waals surface area contributed by atoms with E-state index in [0.717, 1.165) is 32.1 Å². The minimum atomic E-state index is -1.66. The van der Waals surface area contributed by atoms with Crippen molar-refractivity contribution in [2.24, 2.45) is 34.5 Å². The Kier molecular flexibility index (Phi) is 9.80. The van der Waals surface area contributed by atoms with Gasteiger partial charge in [-0.15, -0.1) is 0 Å². The summed E-state index contributed by atoms with van der Waals surface area (Å²) in [5.74, 6) is -0.121. The van der Waals surface area contributed by atoms with Crippen LogP contribution in [0.5, 0.6) is 0 Å². The van der Waals surface area contributed by atoms with Gasteiger partial charge in [-0.1, -0.05) is 6.92 Å².